The summed E-state index contributed by atoms with van der Waals surface area (Å²) < 4.78 is 51.4. The van der Waals surface area contributed by atoms with Gasteiger partial charge >= 0.3 is 6.01 Å². The molecule has 2 bridgehead atoms. The van der Waals surface area contributed by atoms with Gasteiger partial charge in [0, 0.05) is 86.3 Å². The van der Waals surface area contributed by atoms with Gasteiger partial charge in [0.1, 0.15) is 34.8 Å². The van der Waals surface area contributed by atoms with E-state index < -0.39 is 11.6 Å². The molecule has 14 heteroatoms. The van der Waals surface area contributed by atoms with Crippen LogP contribution in [-0.4, -0.2) is 103 Å². The summed E-state index contributed by atoms with van der Waals surface area (Å²) in [5.41, 5.74) is 7.61. The van der Waals surface area contributed by atoms with Gasteiger partial charge in [-0.3, -0.25) is 9.80 Å². The van der Waals surface area contributed by atoms with Gasteiger partial charge in [-0.1, -0.05) is 0 Å². The summed E-state index contributed by atoms with van der Waals surface area (Å²) in [5.74, 6) is -0.755. The number of aliphatic hydroxyl groups is 1. The Morgan fingerprint density at radius 2 is 1.79 bits per heavy atom. The second-order valence-corrected chi connectivity index (χ2v) is 14.1. The average molecular weight is 678 g/mol. The van der Waals surface area contributed by atoms with Crippen LogP contribution in [0.1, 0.15) is 36.0 Å². The number of methoxy groups -OCH3 is 1. The molecule has 2 atom stereocenters. The third-order valence-corrected chi connectivity index (χ3v) is 11.3. The van der Waals surface area contributed by atoms with Gasteiger partial charge in [0.25, 0.3) is 0 Å². The van der Waals surface area contributed by atoms with Gasteiger partial charge in [-0.2, -0.15) is 15.2 Å². The minimum atomic E-state index is -0.706. The number of aliphatic hydroxyl groups excluding tert-OH is 1. The highest BCUT2D eigenvalue weighted by atomic mass is 32.1. The van der Waals surface area contributed by atoms with E-state index in [1.165, 1.54) is 17.4 Å². The predicted molar refractivity (Wildman–Crippen MR) is 178 cm³/mol. The summed E-state index contributed by atoms with van der Waals surface area (Å²) in [4.78, 5) is 16.5. The van der Waals surface area contributed by atoms with Gasteiger partial charge in [-0.15, -0.1) is 11.3 Å². The maximum absolute atomic E-state index is 17.3. The molecule has 3 N–H and O–H groups in total. The van der Waals surface area contributed by atoms with Crippen molar-refractivity contribution >= 4 is 43.1 Å². The van der Waals surface area contributed by atoms with Crippen molar-refractivity contribution in [1.82, 2.24) is 19.8 Å². The molecular formula is C34H37F2N7O4S. The number of benzene rings is 2. The van der Waals surface area contributed by atoms with E-state index in [0.29, 0.717) is 52.0 Å². The molecule has 2 unspecified atom stereocenters. The van der Waals surface area contributed by atoms with E-state index in [2.05, 4.69) is 25.8 Å². The zero-order valence-electron chi connectivity index (χ0n) is 26.7. The van der Waals surface area contributed by atoms with Crippen molar-refractivity contribution in [1.29, 1.82) is 5.26 Å². The molecule has 2 aromatic carbocycles. The number of hydrogen-bond donors (Lipinski definition) is 2. The van der Waals surface area contributed by atoms with Crippen LogP contribution < -0.4 is 15.4 Å². The van der Waals surface area contributed by atoms with Crippen LogP contribution in [-0.2, 0) is 22.7 Å². The molecule has 2 aromatic heterocycles. The number of nitrogen functional groups attached to an aromatic ring is 1. The van der Waals surface area contributed by atoms with E-state index in [4.69, 9.17) is 24.9 Å². The second-order valence-electron chi connectivity index (χ2n) is 13.0. The van der Waals surface area contributed by atoms with E-state index in [0.717, 1.165) is 45.6 Å². The van der Waals surface area contributed by atoms with Crippen LogP contribution in [0, 0.1) is 23.0 Å². The average Bonchev–Trinajstić information content (AvgIpc) is 3.74. The lowest BCUT2D eigenvalue weighted by Gasteiger charge is -2.42. The van der Waals surface area contributed by atoms with Crippen LogP contribution in [0.2, 0.25) is 0 Å². The van der Waals surface area contributed by atoms with Gasteiger partial charge in [0.2, 0.25) is 0 Å². The van der Waals surface area contributed by atoms with Crippen molar-refractivity contribution in [3.63, 3.8) is 0 Å². The number of nitriles is 1. The first kappa shape index (κ1) is 31.6. The Kier molecular flexibility index (Phi) is 8.30. The molecule has 0 spiro atoms. The summed E-state index contributed by atoms with van der Waals surface area (Å²) in [7, 11) is 1.70. The minimum absolute atomic E-state index is 0.0103. The van der Waals surface area contributed by atoms with E-state index >= 15 is 8.78 Å². The van der Waals surface area contributed by atoms with Crippen molar-refractivity contribution in [3.8, 4) is 23.2 Å². The maximum Gasteiger partial charge on any atom is 0.319 e. The Bertz CT molecular complexity index is 1930. The number of rotatable bonds is 10. The fourth-order valence-electron chi connectivity index (χ4n) is 7.98. The maximum atomic E-state index is 17.3. The molecule has 3 fully saturated rings. The molecule has 8 rings (SSSR count). The number of nitrogens with two attached hydrogens (primary N) is 1. The van der Waals surface area contributed by atoms with Crippen molar-refractivity contribution in [2.75, 3.05) is 70.2 Å². The van der Waals surface area contributed by atoms with Crippen molar-refractivity contribution in [3.05, 3.63) is 40.5 Å². The quantitative estimate of drug-likeness (QED) is 0.252. The van der Waals surface area contributed by atoms with Crippen LogP contribution in [0.25, 0.3) is 32.1 Å². The van der Waals surface area contributed by atoms with Crippen LogP contribution in [0.4, 0.5) is 19.6 Å². The van der Waals surface area contributed by atoms with Gasteiger partial charge in [0.15, 0.2) is 5.82 Å². The molecule has 4 aliphatic rings. The van der Waals surface area contributed by atoms with Crippen molar-refractivity contribution in [2.24, 2.45) is 0 Å². The second kappa shape index (κ2) is 12.6. The highest BCUT2D eigenvalue weighted by Crippen LogP contribution is 2.49. The zero-order valence-corrected chi connectivity index (χ0v) is 27.5. The first-order chi connectivity index (χ1) is 23.4. The fraction of sp³-hybridized carbons (Fsp3) is 0.500. The number of hydrogen-bond acceptors (Lipinski definition) is 12. The van der Waals surface area contributed by atoms with E-state index in [1.807, 2.05) is 0 Å². The smallest absolute Gasteiger partial charge is 0.319 e. The van der Waals surface area contributed by atoms with Gasteiger partial charge < -0.3 is 30.0 Å². The summed E-state index contributed by atoms with van der Waals surface area (Å²) in [6.45, 7) is 5.39. The Hall–Kier alpha value is -3.71. The Balaban J connectivity index is 1.29. The lowest BCUT2D eigenvalue weighted by molar-refractivity contribution is -0.0336. The largest absolute Gasteiger partial charge is 0.462 e. The number of likely N-dealkylation sites (tertiary alicyclic amines) is 2. The number of aromatic nitrogens is 2. The molecule has 0 amide bonds. The number of ether oxygens (including phenoxy) is 3. The standard InChI is InChI=1S/C34H37F2N7O4S/c1-45-20-14-42(15-20)8-10-47-34-39-31-28(33(40-34)43-18-3-4-19(43)13-41(12-18)7-2-9-44)23-17-46-16-22(23)27(30(31)36)29-24(35)5-6-25-26(29)21(11-37)32(38)48-25/h5-6,18-20,44H,2-4,7-10,12-17,38H2,1H3. The molecule has 0 saturated carbocycles. The van der Waals surface area contributed by atoms with Crippen molar-refractivity contribution < 1.29 is 28.1 Å². The van der Waals surface area contributed by atoms with Crippen LogP contribution in [0.15, 0.2) is 12.1 Å². The van der Waals surface area contributed by atoms with Gasteiger partial charge in [-0.05, 0) is 42.5 Å². The van der Waals surface area contributed by atoms with Crippen molar-refractivity contribution in [2.45, 2.75) is 50.7 Å². The third kappa shape index (κ3) is 5.15. The van der Waals surface area contributed by atoms with Crippen LogP contribution in [0.5, 0.6) is 6.01 Å². The van der Waals surface area contributed by atoms with E-state index in [9.17, 15) is 10.4 Å². The molecule has 6 heterocycles. The van der Waals surface area contributed by atoms with Crippen LogP contribution >= 0.6 is 11.3 Å². The summed E-state index contributed by atoms with van der Waals surface area (Å²) in [6.07, 6.45) is 2.84. The normalized spacial score (nSPS) is 21.3. The number of halogens is 2. The SMILES string of the molecule is COC1CN(CCOc2nc(N3C4CCC3CN(CCCO)C4)c3c4c(c(-c5c(F)ccc6sc(N)c(C#N)c56)c(F)c3n2)COC4)C1. The highest BCUT2D eigenvalue weighted by Gasteiger charge is 2.43. The molecule has 0 aliphatic carbocycles. The van der Waals surface area contributed by atoms with Gasteiger partial charge in [-0.25, -0.2) is 8.78 Å². The first-order valence-electron chi connectivity index (χ1n) is 16.4. The summed E-state index contributed by atoms with van der Waals surface area (Å²) in [6, 6.07) is 5.30. The van der Waals surface area contributed by atoms with E-state index in [1.54, 1.807) is 13.2 Å². The summed E-state index contributed by atoms with van der Waals surface area (Å²) in [5, 5.41) is 20.5. The molecule has 11 nitrogen and oxygen atoms in total. The zero-order chi connectivity index (χ0) is 33.1. The number of thiophene rings is 1. The van der Waals surface area contributed by atoms with E-state index in [-0.39, 0.29) is 71.2 Å². The number of piperazine rings is 1. The molecule has 4 aromatic rings. The Morgan fingerprint density at radius 1 is 1.04 bits per heavy atom. The number of fused-ring (bicyclic) bond motifs is 6. The first-order valence-corrected chi connectivity index (χ1v) is 17.2. The fourth-order valence-corrected chi connectivity index (χ4v) is 8.91. The topological polar surface area (TPSA) is 133 Å². The lowest BCUT2D eigenvalue weighted by Crippen LogP contribution is -2.54. The predicted octanol–water partition coefficient (Wildman–Crippen LogP) is 4.02. The molecule has 4 aliphatic heterocycles. The molecule has 3 saturated heterocycles. The minimum Gasteiger partial charge on any atom is -0.462 e. The highest BCUT2D eigenvalue weighted by molar-refractivity contribution is 7.23. The lowest BCUT2D eigenvalue weighted by atomic mass is 9.90. The molecule has 252 valence electrons. The van der Waals surface area contributed by atoms with Gasteiger partial charge in [0.05, 0.1) is 30.3 Å². The number of nitrogens with zero attached hydrogens (tertiary/aromatic N) is 6. The molecular weight excluding hydrogens is 640 g/mol. The third-order valence-electron chi connectivity index (χ3n) is 10.3. The number of anilines is 2. The van der Waals surface area contributed by atoms with Crippen LogP contribution in [0.3, 0.4) is 0 Å². The monoisotopic (exact) mass is 677 g/mol. The molecule has 48 heavy (non-hydrogen) atoms. The Labute approximate surface area is 280 Å². The molecule has 0 radical (unpaired) electrons. The summed E-state index contributed by atoms with van der Waals surface area (Å²) >= 11 is 1.17. The Morgan fingerprint density at radius 3 is 2.52 bits per heavy atom.